The Hall–Kier alpha value is 0.501. The zero-order valence-electron chi connectivity index (χ0n) is 13.3. The largest absolute Gasteiger partial charge is 1.00 e. The molecule has 1 aliphatic rings. The average molecular weight is 410 g/mol. The van der Waals surface area contributed by atoms with E-state index in [1.807, 2.05) is 0 Å². The summed E-state index contributed by atoms with van der Waals surface area (Å²) in [5, 5.41) is 3.36. The zero-order valence-corrected chi connectivity index (χ0v) is 18.5. The number of rotatable bonds is 6. The first-order valence-corrected chi connectivity index (χ1v) is 9.58. The molecular formula is C17H23Cl3SiTi. The Labute approximate surface area is 168 Å². The molecule has 1 aliphatic carbocycles. The van der Waals surface area contributed by atoms with Crippen LogP contribution in [0.25, 0.3) is 0 Å². The van der Waals surface area contributed by atoms with E-state index in [0.29, 0.717) is 0 Å². The second-order valence-corrected chi connectivity index (χ2v) is 8.31. The van der Waals surface area contributed by atoms with Crippen LogP contribution in [0.5, 0.6) is 0 Å². The van der Waals surface area contributed by atoms with Crippen LogP contribution in [0.1, 0.15) is 46.0 Å². The number of hydrogen-bond donors (Lipinski definition) is 0. The van der Waals surface area contributed by atoms with Crippen molar-refractivity contribution in [2.24, 2.45) is 0 Å². The molecule has 0 amide bonds. The maximum absolute atomic E-state index is 2.34. The number of halogens is 3. The summed E-state index contributed by atoms with van der Waals surface area (Å²) in [5.41, 5.74) is 3.34. The fourth-order valence-electron chi connectivity index (χ4n) is 2.76. The standard InChI is InChI=1S/C17H23Si.3ClH.Ti/c1-3-4-6-9-15-12-14(2)17(13-15)18-16-10-7-5-8-11-16;;;;/h5,7-8,10-11H,3-4,6,9,13,18H2,1-2H3;3*1H;/q;;;;+3/p-3. The minimum Gasteiger partial charge on any atom is -1.00 e. The summed E-state index contributed by atoms with van der Waals surface area (Å²) in [4.78, 5) is 0. The Morgan fingerprint density at radius 1 is 1.05 bits per heavy atom. The van der Waals surface area contributed by atoms with Gasteiger partial charge in [-0.05, 0) is 0 Å². The van der Waals surface area contributed by atoms with Gasteiger partial charge in [0.2, 0.25) is 0 Å². The third-order valence-electron chi connectivity index (χ3n) is 4.03. The van der Waals surface area contributed by atoms with Crippen molar-refractivity contribution in [3.05, 3.63) is 50.6 Å². The van der Waals surface area contributed by atoms with Crippen LogP contribution in [0.3, 0.4) is 0 Å². The number of benzene rings is 1. The van der Waals surface area contributed by atoms with E-state index >= 15 is 0 Å². The first-order valence-electron chi connectivity index (χ1n) is 7.39. The molecule has 5 heteroatoms. The Kier molecular flexibility index (Phi) is 14.5. The Morgan fingerprint density at radius 3 is 2.27 bits per heavy atom. The van der Waals surface area contributed by atoms with Crippen molar-refractivity contribution >= 4 is 14.7 Å². The first-order chi connectivity index (χ1) is 9.22. The zero-order chi connectivity index (χ0) is 13.7. The number of hydrogen-bond acceptors (Lipinski definition) is 0. The minimum absolute atomic E-state index is 0. The van der Waals surface area contributed by atoms with Crippen molar-refractivity contribution in [3.8, 4) is 0 Å². The van der Waals surface area contributed by atoms with Crippen molar-refractivity contribution < 1.29 is 57.7 Å². The van der Waals surface area contributed by atoms with Crippen LogP contribution in [0.4, 0.5) is 0 Å². The van der Waals surface area contributed by atoms with E-state index in [9.17, 15) is 0 Å². The smallest absolute Gasteiger partial charge is 1.00 e. The Bertz CT molecular complexity index is 498. The van der Waals surface area contributed by atoms with Gasteiger partial charge in [-0.3, -0.25) is 0 Å². The molecule has 22 heavy (non-hydrogen) atoms. The van der Waals surface area contributed by atoms with Crippen LogP contribution >= 0.6 is 0 Å². The third kappa shape index (κ3) is 6.95. The molecule has 0 spiro atoms. The normalized spacial score (nSPS) is 14.0. The van der Waals surface area contributed by atoms with Crippen LogP contribution in [-0.2, 0) is 20.4 Å². The second-order valence-electron chi connectivity index (χ2n) is 5.50. The van der Waals surface area contributed by atoms with Crippen molar-refractivity contribution in [1.82, 2.24) is 0 Å². The predicted molar refractivity (Wildman–Crippen MR) is 83.1 cm³/mol. The molecule has 0 nitrogen and oxygen atoms in total. The van der Waals surface area contributed by atoms with Gasteiger partial charge in [-0.1, -0.05) is 0 Å². The van der Waals surface area contributed by atoms with Gasteiger partial charge in [-0.25, -0.2) is 0 Å². The van der Waals surface area contributed by atoms with Crippen LogP contribution in [0.2, 0.25) is 0 Å². The minimum atomic E-state index is -0.237. The summed E-state index contributed by atoms with van der Waals surface area (Å²) in [7, 11) is -0.237. The number of allylic oxidation sites excluding steroid dienone is 4. The topological polar surface area (TPSA) is 0 Å². The van der Waals surface area contributed by atoms with E-state index in [1.54, 1.807) is 25.4 Å². The third-order valence-corrected chi connectivity index (χ3v) is 7.25. The van der Waals surface area contributed by atoms with Crippen molar-refractivity contribution in [1.29, 1.82) is 0 Å². The summed E-state index contributed by atoms with van der Waals surface area (Å²) in [6, 6.07) is 11.1. The van der Waals surface area contributed by atoms with Gasteiger partial charge in [0.05, 0.1) is 0 Å². The van der Waals surface area contributed by atoms with E-state index in [4.69, 9.17) is 0 Å². The first kappa shape index (κ1) is 24.7. The molecule has 0 N–H and O–H groups in total. The Balaban J connectivity index is 0. The van der Waals surface area contributed by atoms with Crippen LogP contribution in [-0.4, -0.2) is 9.52 Å². The SMILES string of the molecule is CCCCCC1=[C]([Ti+3])C(C)=C([SiH2]c2ccccc2)C1.[Cl-].[Cl-].[Cl-]. The summed E-state index contributed by atoms with van der Waals surface area (Å²) >= 11 is 2.34. The molecule has 120 valence electrons. The quantitative estimate of drug-likeness (QED) is 0.325. The van der Waals surface area contributed by atoms with Crippen LogP contribution in [0.15, 0.2) is 50.6 Å². The predicted octanol–water partition coefficient (Wildman–Crippen LogP) is -5.45. The van der Waals surface area contributed by atoms with Gasteiger partial charge in [0.15, 0.2) is 0 Å². The van der Waals surface area contributed by atoms with Gasteiger partial charge in [0, 0.05) is 0 Å². The van der Waals surface area contributed by atoms with Crippen molar-refractivity contribution in [2.75, 3.05) is 0 Å². The molecule has 1 aromatic rings. The molecule has 0 bridgehead atoms. The maximum atomic E-state index is 2.34. The van der Waals surface area contributed by atoms with E-state index in [0.717, 1.165) is 0 Å². The van der Waals surface area contributed by atoms with Crippen LogP contribution < -0.4 is 42.4 Å². The molecule has 0 saturated heterocycles. The fourth-order valence-corrected chi connectivity index (χ4v) is 5.51. The van der Waals surface area contributed by atoms with Crippen molar-refractivity contribution in [2.45, 2.75) is 46.0 Å². The van der Waals surface area contributed by atoms with E-state index in [-0.39, 0.29) is 46.7 Å². The van der Waals surface area contributed by atoms with Gasteiger partial charge in [0.25, 0.3) is 0 Å². The molecule has 1 aromatic carbocycles. The molecule has 0 unspecified atom stereocenters. The molecular weight excluding hydrogens is 386 g/mol. The van der Waals surface area contributed by atoms with Gasteiger partial charge in [-0.2, -0.15) is 0 Å². The molecule has 0 radical (unpaired) electrons. The van der Waals surface area contributed by atoms with Crippen molar-refractivity contribution in [3.63, 3.8) is 0 Å². The molecule has 0 heterocycles. The molecule has 0 saturated carbocycles. The summed E-state index contributed by atoms with van der Waals surface area (Å²) in [6.07, 6.45) is 6.68. The summed E-state index contributed by atoms with van der Waals surface area (Å²) in [5.74, 6) is 0. The fraction of sp³-hybridized carbons (Fsp3) is 0.412. The molecule has 0 fully saturated rings. The van der Waals surface area contributed by atoms with Gasteiger partial charge in [0.1, 0.15) is 0 Å². The van der Waals surface area contributed by atoms with Gasteiger partial charge in [-0.15, -0.1) is 0 Å². The van der Waals surface area contributed by atoms with Gasteiger partial charge < -0.3 is 37.2 Å². The monoisotopic (exact) mass is 408 g/mol. The maximum Gasteiger partial charge on any atom is -1.00 e. The molecule has 0 aromatic heterocycles. The number of unbranched alkanes of at least 4 members (excludes halogenated alkanes) is 2. The second kappa shape index (κ2) is 12.9. The molecule has 0 atom stereocenters. The van der Waals surface area contributed by atoms with E-state index in [2.05, 4.69) is 64.6 Å². The Morgan fingerprint density at radius 2 is 1.68 bits per heavy atom. The van der Waals surface area contributed by atoms with Gasteiger partial charge >= 0.3 is 132 Å². The van der Waals surface area contributed by atoms with Crippen LogP contribution in [0, 0.1) is 0 Å². The van der Waals surface area contributed by atoms with E-state index < -0.39 is 0 Å². The average Bonchev–Trinajstić information content (AvgIpc) is 2.69. The van der Waals surface area contributed by atoms with E-state index in [1.165, 1.54) is 32.1 Å². The molecule has 0 aliphatic heterocycles. The molecule has 2 rings (SSSR count). The summed E-state index contributed by atoms with van der Waals surface area (Å²) < 4.78 is 1.61. The summed E-state index contributed by atoms with van der Waals surface area (Å²) in [6.45, 7) is 4.63.